The van der Waals surface area contributed by atoms with E-state index in [-0.39, 0.29) is 12.1 Å². The van der Waals surface area contributed by atoms with Crippen molar-refractivity contribution in [1.29, 1.82) is 0 Å². The van der Waals surface area contributed by atoms with Crippen LogP contribution in [-0.4, -0.2) is 16.0 Å². The molecule has 1 heterocycles. The SMILES string of the molecule is Cc1noc(CNC(=O)c2cc(F)ccc2Br)n1. The Morgan fingerprint density at radius 2 is 2.33 bits per heavy atom. The van der Waals surface area contributed by atoms with Crippen LogP contribution in [-0.2, 0) is 6.54 Å². The lowest BCUT2D eigenvalue weighted by Crippen LogP contribution is -2.23. The molecule has 1 aromatic carbocycles. The molecule has 18 heavy (non-hydrogen) atoms. The standard InChI is InChI=1S/C11H9BrFN3O2/c1-6-15-10(18-16-6)5-14-11(17)8-4-7(13)2-3-9(8)12/h2-4H,5H2,1H3,(H,14,17). The molecular formula is C11H9BrFN3O2. The predicted octanol–water partition coefficient (Wildman–Crippen LogP) is 2.21. The number of aryl methyl sites for hydroxylation is 1. The van der Waals surface area contributed by atoms with Crippen molar-refractivity contribution in [2.75, 3.05) is 0 Å². The molecule has 0 saturated heterocycles. The molecule has 1 aromatic heterocycles. The predicted molar refractivity (Wildman–Crippen MR) is 64.3 cm³/mol. The molecule has 5 nitrogen and oxygen atoms in total. The normalized spacial score (nSPS) is 10.4. The van der Waals surface area contributed by atoms with Crippen molar-refractivity contribution < 1.29 is 13.7 Å². The first-order chi connectivity index (χ1) is 8.56. The molecule has 0 aliphatic rings. The number of amides is 1. The zero-order valence-electron chi connectivity index (χ0n) is 9.41. The van der Waals surface area contributed by atoms with Gasteiger partial charge in [-0.1, -0.05) is 5.16 Å². The monoisotopic (exact) mass is 313 g/mol. The van der Waals surface area contributed by atoms with Crippen LogP contribution in [0.4, 0.5) is 4.39 Å². The Morgan fingerprint density at radius 3 is 3.00 bits per heavy atom. The van der Waals surface area contributed by atoms with Gasteiger partial charge in [0.05, 0.1) is 12.1 Å². The van der Waals surface area contributed by atoms with E-state index in [9.17, 15) is 9.18 Å². The van der Waals surface area contributed by atoms with Gasteiger partial charge in [0, 0.05) is 4.47 Å². The van der Waals surface area contributed by atoms with Crippen molar-refractivity contribution >= 4 is 21.8 Å². The Kier molecular flexibility index (Phi) is 3.71. The summed E-state index contributed by atoms with van der Waals surface area (Å²) in [4.78, 5) is 15.7. The summed E-state index contributed by atoms with van der Waals surface area (Å²) in [6, 6.07) is 3.89. The van der Waals surface area contributed by atoms with Crippen molar-refractivity contribution in [1.82, 2.24) is 15.5 Å². The Bertz CT molecular complexity index is 585. The zero-order valence-corrected chi connectivity index (χ0v) is 11.0. The van der Waals surface area contributed by atoms with Gasteiger partial charge in [-0.2, -0.15) is 4.98 Å². The number of halogens is 2. The molecule has 0 radical (unpaired) electrons. The van der Waals surface area contributed by atoms with Crippen LogP contribution in [0.5, 0.6) is 0 Å². The lowest BCUT2D eigenvalue weighted by Gasteiger charge is -2.04. The maximum absolute atomic E-state index is 13.0. The third-order valence-electron chi connectivity index (χ3n) is 2.14. The summed E-state index contributed by atoms with van der Waals surface area (Å²) in [6.07, 6.45) is 0. The van der Waals surface area contributed by atoms with Crippen LogP contribution in [0.15, 0.2) is 27.2 Å². The highest BCUT2D eigenvalue weighted by molar-refractivity contribution is 9.10. The Hall–Kier alpha value is -1.76. The minimum atomic E-state index is -0.475. The second-order valence-electron chi connectivity index (χ2n) is 3.54. The van der Waals surface area contributed by atoms with E-state index in [1.165, 1.54) is 12.1 Å². The number of hydrogen-bond donors (Lipinski definition) is 1. The van der Waals surface area contributed by atoms with E-state index in [2.05, 4.69) is 31.4 Å². The molecule has 7 heteroatoms. The number of benzene rings is 1. The van der Waals surface area contributed by atoms with Gasteiger partial charge in [0.2, 0.25) is 5.89 Å². The summed E-state index contributed by atoms with van der Waals surface area (Å²) in [6.45, 7) is 1.78. The molecule has 0 saturated carbocycles. The topological polar surface area (TPSA) is 68.0 Å². The molecular weight excluding hydrogens is 305 g/mol. The fourth-order valence-corrected chi connectivity index (χ4v) is 1.76. The highest BCUT2D eigenvalue weighted by Gasteiger charge is 2.12. The largest absolute Gasteiger partial charge is 0.343 e. The molecule has 0 bridgehead atoms. The molecule has 0 atom stereocenters. The average molecular weight is 314 g/mol. The summed E-state index contributed by atoms with van der Waals surface area (Å²) in [7, 11) is 0. The van der Waals surface area contributed by atoms with E-state index < -0.39 is 11.7 Å². The fourth-order valence-electron chi connectivity index (χ4n) is 1.33. The van der Waals surface area contributed by atoms with Gasteiger partial charge in [-0.25, -0.2) is 4.39 Å². The summed E-state index contributed by atoms with van der Waals surface area (Å²) < 4.78 is 18.4. The second-order valence-corrected chi connectivity index (χ2v) is 4.40. The minimum absolute atomic E-state index is 0.0998. The maximum atomic E-state index is 13.0. The van der Waals surface area contributed by atoms with Gasteiger partial charge in [0.15, 0.2) is 5.82 Å². The molecule has 2 aromatic rings. The smallest absolute Gasteiger partial charge is 0.252 e. The van der Waals surface area contributed by atoms with E-state index in [1.807, 2.05) is 0 Å². The quantitative estimate of drug-likeness (QED) is 0.943. The van der Waals surface area contributed by atoms with Gasteiger partial charge in [-0.05, 0) is 41.1 Å². The minimum Gasteiger partial charge on any atom is -0.343 e. The van der Waals surface area contributed by atoms with Gasteiger partial charge < -0.3 is 9.84 Å². The third kappa shape index (κ3) is 2.92. The van der Waals surface area contributed by atoms with Gasteiger partial charge in [0.25, 0.3) is 5.91 Å². The Labute approximate surface area is 111 Å². The number of rotatable bonds is 3. The molecule has 1 amide bonds. The van der Waals surface area contributed by atoms with Crippen LogP contribution in [0.3, 0.4) is 0 Å². The van der Waals surface area contributed by atoms with Gasteiger partial charge in [-0.15, -0.1) is 0 Å². The highest BCUT2D eigenvalue weighted by Crippen LogP contribution is 2.17. The van der Waals surface area contributed by atoms with Crippen LogP contribution in [0.25, 0.3) is 0 Å². The van der Waals surface area contributed by atoms with Crippen LogP contribution in [0, 0.1) is 12.7 Å². The summed E-state index contributed by atoms with van der Waals surface area (Å²) in [5, 5.41) is 6.16. The number of hydrogen-bond acceptors (Lipinski definition) is 4. The summed E-state index contributed by atoms with van der Waals surface area (Å²) in [5.74, 6) is -0.103. The fraction of sp³-hybridized carbons (Fsp3) is 0.182. The van der Waals surface area contributed by atoms with Gasteiger partial charge >= 0.3 is 0 Å². The van der Waals surface area contributed by atoms with E-state index in [4.69, 9.17) is 4.52 Å². The highest BCUT2D eigenvalue weighted by atomic mass is 79.9. The molecule has 0 unspecified atom stereocenters. The Balaban J connectivity index is 2.05. The van der Waals surface area contributed by atoms with E-state index in [0.717, 1.165) is 6.07 Å². The first-order valence-electron chi connectivity index (χ1n) is 5.08. The molecule has 0 fully saturated rings. The van der Waals surface area contributed by atoms with Gasteiger partial charge in [-0.3, -0.25) is 4.79 Å². The van der Waals surface area contributed by atoms with E-state index in [1.54, 1.807) is 6.92 Å². The summed E-state index contributed by atoms with van der Waals surface area (Å²) in [5.41, 5.74) is 0.214. The number of nitrogens with zero attached hydrogens (tertiary/aromatic N) is 2. The van der Waals surface area contributed by atoms with Crippen LogP contribution in [0.2, 0.25) is 0 Å². The van der Waals surface area contributed by atoms with Crippen molar-refractivity contribution in [3.05, 3.63) is 45.8 Å². The molecule has 2 rings (SSSR count). The van der Waals surface area contributed by atoms with Crippen molar-refractivity contribution in [2.24, 2.45) is 0 Å². The van der Waals surface area contributed by atoms with E-state index in [0.29, 0.717) is 16.2 Å². The maximum Gasteiger partial charge on any atom is 0.252 e. The van der Waals surface area contributed by atoms with Crippen LogP contribution in [0.1, 0.15) is 22.1 Å². The number of carbonyl (C=O) groups is 1. The van der Waals surface area contributed by atoms with Crippen molar-refractivity contribution in [3.63, 3.8) is 0 Å². The molecule has 1 N–H and O–H groups in total. The van der Waals surface area contributed by atoms with Gasteiger partial charge in [0.1, 0.15) is 5.82 Å². The average Bonchev–Trinajstić information content (AvgIpc) is 2.75. The molecule has 0 spiro atoms. The first kappa shape index (κ1) is 12.7. The molecule has 0 aliphatic carbocycles. The van der Waals surface area contributed by atoms with Crippen LogP contribution < -0.4 is 5.32 Å². The molecule has 94 valence electrons. The van der Waals surface area contributed by atoms with Crippen molar-refractivity contribution in [3.8, 4) is 0 Å². The van der Waals surface area contributed by atoms with Crippen molar-refractivity contribution in [2.45, 2.75) is 13.5 Å². The molecule has 0 aliphatic heterocycles. The first-order valence-corrected chi connectivity index (χ1v) is 5.88. The van der Waals surface area contributed by atoms with Crippen LogP contribution >= 0.6 is 15.9 Å². The number of nitrogens with one attached hydrogen (secondary N) is 1. The Morgan fingerprint density at radius 1 is 1.56 bits per heavy atom. The number of carbonyl (C=O) groups excluding carboxylic acids is 1. The second kappa shape index (κ2) is 5.26. The number of aromatic nitrogens is 2. The zero-order chi connectivity index (χ0) is 13.1. The van der Waals surface area contributed by atoms with E-state index >= 15 is 0 Å². The summed E-state index contributed by atoms with van der Waals surface area (Å²) >= 11 is 3.18. The lowest BCUT2D eigenvalue weighted by atomic mass is 10.2. The lowest BCUT2D eigenvalue weighted by molar-refractivity contribution is 0.0945. The third-order valence-corrected chi connectivity index (χ3v) is 2.83.